The van der Waals surface area contributed by atoms with Gasteiger partial charge in [0, 0.05) is 69.1 Å². The summed E-state index contributed by atoms with van der Waals surface area (Å²) in [6.07, 6.45) is 4.13. The predicted octanol–water partition coefficient (Wildman–Crippen LogP) is 3.87. The van der Waals surface area contributed by atoms with Crippen molar-refractivity contribution >= 4 is 29.2 Å². The lowest BCUT2D eigenvalue weighted by Gasteiger charge is -2.42. The third-order valence-corrected chi connectivity index (χ3v) is 9.90. The van der Waals surface area contributed by atoms with Crippen LogP contribution in [0.2, 0.25) is 0 Å². The summed E-state index contributed by atoms with van der Waals surface area (Å²) in [5.41, 5.74) is 7.79. The third kappa shape index (κ3) is 7.02. The molecule has 3 N–H and O–H groups in total. The number of aromatic nitrogens is 2. The second-order valence-corrected chi connectivity index (χ2v) is 14.2. The van der Waals surface area contributed by atoms with Crippen molar-refractivity contribution in [3.05, 3.63) is 35.7 Å². The van der Waals surface area contributed by atoms with Crippen LogP contribution in [0.5, 0.6) is 5.88 Å². The van der Waals surface area contributed by atoms with E-state index in [1.54, 1.807) is 4.90 Å². The van der Waals surface area contributed by atoms with Gasteiger partial charge in [0.15, 0.2) is 11.5 Å². The molecule has 0 spiro atoms. The molecule has 2 amide bonds. The number of hydrogen-bond donors (Lipinski definition) is 2. The number of likely N-dealkylation sites (tertiary alicyclic amines) is 1. The molecule has 2 aromatic rings. The van der Waals surface area contributed by atoms with Crippen molar-refractivity contribution in [2.75, 3.05) is 63.1 Å². The maximum Gasteiger partial charge on any atom is 0.410 e. The Kier molecular flexibility index (Phi) is 9.29. The molecule has 1 aliphatic carbocycles. The minimum atomic E-state index is -0.659. The fourth-order valence-electron chi connectivity index (χ4n) is 7.39. The Morgan fingerprint density at radius 1 is 0.978 bits per heavy atom. The number of nitrogens with one attached hydrogen (secondary N) is 1. The highest BCUT2D eigenvalue weighted by molar-refractivity contribution is 5.96. The van der Waals surface area contributed by atoms with E-state index in [2.05, 4.69) is 44.2 Å². The van der Waals surface area contributed by atoms with Crippen LogP contribution >= 0.6 is 0 Å². The smallest absolute Gasteiger partial charge is 0.410 e. The molecule has 0 radical (unpaired) electrons. The largest absolute Gasteiger partial charge is 0.470 e. The number of piperazine rings is 1. The van der Waals surface area contributed by atoms with Crippen molar-refractivity contribution in [2.45, 2.75) is 83.6 Å². The van der Waals surface area contributed by atoms with E-state index in [-0.39, 0.29) is 35.7 Å². The number of nitrogens with zero attached hydrogens (tertiary/aromatic N) is 6. The summed E-state index contributed by atoms with van der Waals surface area (Å²) in [6.45, 7) is 14.8. The molecular weight excluding hydrogens is 584 g/mol. The molecule has 6 rings (SSSR count). The van der Waals surface area contributed by atoms with Crippen LogP contribution in [0.1, 0.15) is 69.6 Å². The summed E-state index contributed by atoms with van der Waals surface area (Å²) in [5.74, 6) is 0.140. The van der Waals surface area contributed by atoms with Crippen LogP contribution in [-0.4, -0.2) is 113 Å². The number of primary amides is 1. The van der Waals surface area contributed by atoms with Crippen LogP contribution in [0, 0.1) is 5.92 Å². The highest BCUT2D eigenvalue weighted by atomic mass is 16.6. The fraction of sp³-hybridized carbons (Fsp3) is 0.647. The summed E-state index contributed by atoms with van der Waals surface area (Å²) < 4.78 is 12.2. The fourth-order valence-corrected chi connectivity index (χ4v) is 7.39. The van der Waals surface area contributed by atoms with Gasteiger partial charge in [-0.1, -0.05) is 6.92 Å². The van der Waals surface area contributed by atoms with Gasteiger partial charge >= 0.3 is 6.09 Å². The van der Waals surface area contributed by atoms with Crippen LogP contribution in [0.3, 0.4) is 0 Å². The van der Waals surface area contributed by atoms with Crippen LogP contribution in [0.15, 0.2) is 24.3 Å². The Bertz CT molecular complexity index is 1400. The van der Waals surface area contributed by atoms with Crippen molar-refractivity contribution in [3.63, 3.8) is 0 Å². The van der Waals surface area contributed by atoms with E-state index in [4.69, 9.17) is 20.2 Å². The number of likely N-dealkylation sites (N-methyl/N-ethyl adjacent to an activating group) is 1. The van der Waals surface area contributed by atoms with Crippen molar-refractivity contribution in [1.29, 1.82) is 0 Å². The Hall–Kier alpha value is -3.64. The maximum atomic E-state index is 12.9. The molecule has 3 saturated heterocycles. The maximum absolute atomic E-state index is 12.9. The van der Waals surface area contributed by atoms with Gasteiger partial charge in [0.25, 0.3) is 5.91 Å². The summed E-state index contributed by atoms with van der Waals surface area (Å²) in [4.78, 5) is 44.1. The zero-order valence-electron chi connectivity index (χ0n) is 28.0. The molecule has 250 valence electrons. The average Bonchev–Trinajstić information content (AvgIpc) is 3.58. The van der Waals surface area contributed by atoms with Crippen molar-refractivity contribution in [1.82, 2.24) is 24.7 Å². The predicted molar refractivity (Wildman–Crippen MR) is 178 cm³/mol. The van der Waals surface area contributed by atoms with Crippen molar-refractivity contribution < 1.29 is 19.1 Å². The first-order valence-electron chi connectivity index (χ1n) is 16.9. The van der Waals surface area contributed by atoms with Crippen LogP contribution in [0.4, 0.5) is 22.0 Å². The lowest BCUT2D eigenvalue weighted by molar-refractivity contribution is 0.0159. The first kappa shape index (κ1) is 32.3. The quantitative estimate of drug-likeness (QED) is 0.442. The van der Waals surface area contributed by atoms with Gasteiger partial charge < -0.3 is 35.2 Å². The highest BCUT2D eigenvalue weighted by Crippen LogP contribution is 2.41. The number of carbonyl (C=O) groups excluding carboxylic acids is 2. The van der Waals surface area contributed by atoms with E-state index in [0.29, 0.717) is 30.6 Å². The Morgan fingerprint density at radius 3 is 2.30 bits per heavy atom. The molecule has 1 saturated carbocycles. The van der Waals surface area contributed by atoms with E-state index in [9.17, 15) is 9.59 Å². The van der Waals surface area contributed by atoms with Crippen LogP contribution < -0.4 is 20.7 Å². The Balaban J connectivity index is 1.13. The molecule has 46 heavy (non-hydrogen) atoms. The van der Waals surface area contributed by atoms with Gasteiger partial charge in [-0.15, -0.1) is 0 Å². The molecule has 12 nitrogen and oxygen atoms in total. The second-order valence-electron chi connectivity index (χ2n) is 14.2. The molecule has 2 bridgehead atoms. The van der Waals surface area contributed by atoms with Crippen LogP contribution in [-0.2, 0) is 11.2 Å². The van der Waals surface area contributed by atoms with E-state index in [1.165, 1.54) is 18.5 Å². The van der Waals surface area contributed by atoms with Gasteiger partial charge in [0.2, 0.25) is 5.88 Å². The first-order chi connectivity index (χ1) is 22.0. The standard InChI is InChI=1S/C34H50N8O4/c1-6-26-32(45-29-22-7-12-27(29)42(21-22)33(44)46-34(2,3)4)38-31(28(37-26)30(35)43)36-23-8-10-24(11-9-23)40-15-13-25(14-16-40)41-19-17-39(5)18-20-41/h8-11,22,25,27,29H,6-7,12-21H2,1-5H3,(H2,35,43)(H,36,38)/t22-,27-,29?/m1/s1. The number of rotatable bonds is 8. The van der Waals surface area contributed by atoms with E-state index < -0.39 is 11.5 Å². The van der Waals surface area contributed by atoms with Crippen LogP contribution in [0.25, 0.3) is 0 Å². The molecule has 1 aromatic heterocycles. The lowest BCUT2D eigenvalue weighted by atomic mass is 10.0. The zero-order valence-corrected chi connectivity index (χ0v) is 28.0. The average molecular weight is 635 g/mol. The molecule has 3 aliphatic heterocycles. The van der Waals surface area contributed by atoms with Gasteiger partial charge in [-0.05, 0) is 84.2 Å². The number of piperidine rings is 2. The molecule has 1 unspecified atom stereocenters. The summed E-state index contributed by atoms with van der Waals surface area (Å²) in [7, 11) is 2.20. The number of amides is 2. The molecule has 4 aliphatic rings. The number of anilines is 3. The minimum absolute atomic E-state index is 0.0732. The molecular formula is C34H50N8O4. The zero-order chi connectivity index (χ0) is 32.6. The number of nitrogens with two attached hydrogens (primary N) is 1. The summed E-state index contributed by atoms with van der Waals surface area (Å²) in [5, 5.41) is 3.28. The first-order valence-corrected chi connectivity index (χ1v) is 16.9. The molecule has 4 fully saturated rings. The number of aryl methyl sites for hydroxylation is 1. The normalized spacial score (nSPS) is 24.3. The topological polar surface area (TPSA) is 129 Å². The second kappa shape index (κ2) is 13.2. The van der Waals surface area contributed by atoms with Crippen molar-refractivity contribution in [3.8, 4) is 5.88 Å². The molecule has 12 heteroatoms. The Morgan fingerprint density at radius 2 is 1.67 bits per heavy atom. The number of benzene rings is 1. The number of fused-ring (bicyclic) bond motifs is 2. The summed E-state index contributed by atoms with van der Waals surface area (Å²) >= 11 is 0. The highest BCUT2D eigenvalue weighted by Gasteiger charge is 2.51. The monoisotopic (exact) mass is 634 g/mol. The molecule has 3 atom stereocenters. The number of ether oxygens (including phenoxy) is 2. The minimum Gasteiger partial charge on any atom is -0.470 e. The Labute approximate surface area is 272 Å². The van der Waals surface area contributed by atoms with Crippen molar-refractivity contribution in [2.24, 2.45) is 11.7 Å². The van der Waals surface area contributed by atoms with Gasteiger partial charge in [-0.3, -0.25) is 9.69 Å². The van der Waals surface area contributed by atoms with Gasteiger partial charge in [0.05, 0.1) is 6.04 Å². The number of carbonyl (C=O) groups is 2. The SMILES string of the molecule is CCc1nc(C(N)=O)c(Nc2ccc(N3CCC(N4CCN(C)CC4)CC3)cc2)nc1OC1[C@@H]2CC[C@H]1N(C(=O)OC(C)(C)C)C2. The van der Waals surface area contributed by atoms with Gasteiger partial charge in [-0.2, -0.15) is 4.98 Å². The van der Waals surface area contributed by atoms with E-state index in [1.807, 2.05) is 39.8 Å². The molecule has 4 heterocycles. The third-order valence-electron chi connectivity index (χ3n) is 9.90. The molecule has 1 aromatic carbocycles. The van der Waals surface area contributed by atoms with Gasteiger partial charge in [-0.25, -0.2) is 9.78 Å². The summed E-state index contributed by atoms with van der Waals surface area (Å²) in [6, 6.07) is 8.78. The lowest BCUT2D eigenvalue weighted by Crippen LogP contribution is -2.52. The van der Waals surface area contributed by atoms with E-state index in [0.717, 1.165) is 57.8 Å². The van der Waals surface area contributed by atoms with E-state index >= 15 is 0 Å². The number of hydrogen-bond acceptors (Lipinski definition) is 10. The van der Waals surface area contributed by atoms with Gasteiger partial charge in [0.1, 0.15) is 17.4 Å².